The van der Waals surface area contributed by atoms with E-state index < -0.39 is 12.3 Å². The zero-order valence-electron chi connectivity index (χ0n) is 6.81. The van der Waals surface area contributed by atoms with E-state index in [2.05, 4.69) is 11.3 Å². The predicted octanol–water partition coefficient (Wildman–Crippen LogP) is -0.0541. The van der Waals surface area contributed by atoms with Gasteiger partial charge in [-0.05, 0) is 12.3 Å². The molecule has 0 saturated carbocycles. The summed E-state index contributed by atoms with van der Waals surface area (Å²) in [5.74, 6) is -2.10. The van der Waals surface area contributed by atoms with Crippen LogP contribution in [0, 0.1) is 5.92 Å². The van der Waals surface area contributed by atoms with Crippen LogP contribution in [0.5, 0.6) is 0 Å². The third kappa shape index (κ3) is 2.57. The van der Waals surface area contributed by atoms with Crippen LogP contribution in [0.15, 0.2) is 12.7 Å². The van der Waals surface area contributed by atoms with Crippen molar-refractivity contribution in [2.75, 3.05) is 0 Å². The molecule has 0 aromatic heterocycles. The van der Waals surface area contributed by atoms with Crippen molar-refractivity contribution in [1.82, 2.24) is 0 Å². The molecular formula is C8H14O4. The second kappa shape index (κ2) is 3.53. The molecule has 1 fully saturated rings. The maximum atomic E-state index is 9.14. The summed E-state index contributed by atoms with van der Waals surface area (Å²) in [6.07, 6.45) is 1.60. The van der Waals surface area contributed by atoms with Crippen LogP contribution in [0.4, 0.5) is 0 Å². The van der Waals surface area contributed by atoms with E-state index in [0.717, 1.165) is 0 Å². The van der Waals surface area contributed by atoms with E-state index in [4.69, 9.17) is 15.3 Å². The Morgan fingerprint density at radius 3 is 2.75 bits per heavy atom. The topological polar surface area (TPSA) is 69.9 Å². The Kier molecular flexibility index (Phi) is 2.85. The molecule has 2 unspecified atom stereocenters. The van der Waals surface area contributed by atoms with Gasteiger partial charge in [-0.15, -0.1) is 6.58 Å². The molecule has 1 saturated heterocycles. The Morgan fingerprint density at radius 2 is 2.17 bits per heavy atom. The van der Waals surface area contributed by atoms with Crippen LogP contribution in [0.3, 0.4) is 0 Å². The SMILES string of the molecule is C=CC1CCC(O)(O)OC(O)C1. The molecule has 0 amide bonds. The van der Waals surface area contributed by atoms with E-state index in [9.17, 15) is 0 Å². The first-order chi connectivity index (χ1) is 5.53. The molecule has 0 radical (unpaired) electrons. The fourth-order valence-electron chi connectivity index (χ4n) is 1.29. The summed E-state index contributed by atoms with van der Waals surface area (Å²) in [5, 5.41) is 27.3. The molecule has 0 aromatic rings. The van der Waals surface area contributed by atoms with E-state index in [-0.39, 0.29) is 12.3 Å². The van der Waals surface area contributed by atoms with Gasteiger partial charge in [-0.1, -0.05) is 6.08 Å². The number of aliphatic hydroxyl groups excluding tert-OH is 1. The van der Waals surface area contributed by atoms with Crippen LogP contribution in [0.1, 0.15) is 19.3 Å². The summed E-state index contributed by atoms with van der Waals surface area (Å²) in [6.45, 7) is 3.58. The molecular weight excluding hydrogens is 160 g/mol. The Balaban J connectivity index is 2.58. The number of hydrogen-bond acceptors (Lipinski definition) is 4. The lowest BCUT2D eigenvalue weighted by Crippen LogP contribution is -2.34. The summed E-state index contributed by atoms with van der Waals surface area (Å²) in [5.41, 5.74) is 0. The van der Waals surface area contributed by atoms with Crippen molar-refractivity contribution in [1.29, 1.82) is 0 Å². The van der Waals surface area contributed by atoms with Crippen LogP contribution in [-0.4, -0.2) is 27.6 Å². The van der Waals surface area contributed by atoms with E-state index in [0.29, 0.717) is 12.8 Å². The van der Waals surface area contributed by atoms with Gasteiger partial charge in [0.05, 0.1) is 0 Å². The third-order valence-electron chi connectivity index (χ3n) is 2.00. The summed E-state index contributed by atoms with van der Waals surface area (Å²) in [7, 11) is 0. The lowest BCUT2D eigenvalue weighted by atomic mass is 10.00. The van der Waals surface area contributed by atoms with Crippen molar-refractivity contribution in [3.8, 4) is 0 Å². The third-order valence-corrected chi connectivity index (χ3v) is 2.00. The Labute approximate surface area is 71.1 Å². The normalized spacial score (nSPS) is 35.6. The summed E-state index contributed by atoms with van der Waals surface area (Å²) < 4.78 is 4.55. The molecule has 70 valence electrons. The van der Waals surface area contributed by atoms with Gasteiger partial charge in [0.25, 0.3) is 5.97 Å². The number of allylic oxidation sites excluding steroid dienone is 1. The maximum Gasteiger partial charge on any atom is 0.280 e. The minimum atomic E-state index is -2.18. The summed E-state index contributed by atoms with van der Waals surface area (Å²) in [6, 6.07) is 0. The highest BCUT2D eigenvalue weighted by molar-refractivity contribution is 4.82. The molecule has 1 rings (SSSR count). The van der Waals surface area contributed by atoms with E-state index in [1.54, 1.807) is 6.08 Å². The van der Waals surface area contributed by atoms with Crippen molar-refractivity contribution in [2.45, 2.75) is 31.5 Å². The largest absolute Gasteiger partial charge is 0.368 e. The predicted molar refractivity (Wildman–Crippen MR) is 41.8 cm³/mol. The minimum absolute atomic E-state index is 0.0844. The van der Waals surface area contributed by atoms with Crippen molar-refractivity contribution >= 4 is 0 Å². The fraction of sp³-hybridized carbons (Fsp3) is 0.750. The molecule has 1 heterocycles. The molecule has 0 aromatic carbocycles. The van der Waals surface area contributed by atoms with Crippen molar-refractivity contribution in [3.63, 3.8) is 0 Å². The molecule has 4 heteroatoms. The van der Waals surface area contributed by atoms with Gasteiger partial charge in [-0.25, -0.2) is 0 Å². The highest BCUT2D eigenvalue weighted by Crippen LogP contribution is 2.26. The second-order valence-electron chi connectivity index (χ2n) is 3.09. The van der Waals surface area contributed by atoms with Gasteiger partial charge in [-0.2, -0.15) is 0 Å². The van der Waals surface area contributed by atoms with Crippen molar-refractivity contribution < 1.29 is 20.1 Å². The molecule has 2 atom stereocenters. The van der Waals surface area contributed by atoms with E-state index in [1.165, 1.54) is 0 Å². The first kappa shape index (κ1) is 9.67. The highest BCUT2D eigenvalue weighted by Gasteiger charge is 2.32. The van der Waals surface area contributed by atoms with Crippen LogP contribution in [-0.2, 0) is 4.74 Å². The van der Waals surface area contributed by atoms with Crippen LogP contribution in [0.2, 0.25) is 0 Å². The Hall–Kier alpha value is -0.420. The van der Waals surface area contributed by atoms with Gasteiger partial charge >= 0.3 is 0 Å². The Bertz CT molecular complexity index is 166. The van der Waals surface area contributed by atoms with Gasteiger partial charge in [0.2, 0.25) is 0 Å². The lowest BCUT2D eigenvalue weighted by Gasteiger charge is -2.20. The molecule has 1 aliphatic rings. The van der Waals surface area contributed by atoms with Crippen molar-refractivity contribution in [3.05, 3.63) is 12.7 Å². The van der Waals surface area contributed by atoms with Gasteiger partial charge in [0.1, 0.15) is 0 Å². The van der Waals surface area contributed by atoms with Gasteiger partial charge < -0.3 is 15.3 Å². The number of hydrogen-bond donors (Lipinski definition) is 3. The molecule has 1 aliphatic heterocycles. The number of aliphatic hydroxyl groups is 3. The van der Waals surface area contributed by atoms with Crippen LogP contribution >= 0.6 is 0 Å². The van der Waals surface area contributed by atoms with E-state index >= 15 is 0 Å². The van der Waals surface area contributed by atoms with Crippen molar-refractivity contribution in [2.24, 2.45) is 5.92 Å². The van der Waals surface area contributed by atoms with Gasteiger partial charge in [-0.3, -0.25) is 4.74 Å². The minimum Gasteiger partial charge on any atom is -0.368 e. The smallest absolute Gasteiger partial charge is 0.280 e. The standard InChI is InChI=1S/C8H14O4/c1-2-6-3-4-8(10,11)12-7(9)5-6/h2,6-7,9-11H,1,3-5H2. The average Bonchev–Trinajstić information content (AvgIpc) is 2.07. The Morgan fingerprint density at radius 1 is 1.50 bits per heavy atom. The van der Waals surface area contributed by atoms with Gasteiger partial charge in [0.15, 0.2) is 6.29 Å². The van der Waals surface area contributed by atoms with Gasteiger partial charge in [0, 0.05) is 12.8 Å². The van der Waals surface area contributed by atoms with Crippen LogP contribution in [0.25, 0.3) is 0 Å². The lowest BCUT2D eigenvalue weighted by molar-refractivity contribution is -0.378. The molecule has 0 aliphatic carbocycles. The zero-order chi connectivity index (χ0) is 9.19. The first-order valence-corrected chi connectivity index (χ1v) is 3.97. The molecule has 4 nitrogen and oxygen atoms in total. The summed E-state index contributed by atoms with van der Waals surface area (Å²) >= 11 is 0. The fourth-order valence-corrected chi connectivity index (χ4v) is 1.29. The molecule has 12 heavy (non-hydrogen) atoms. The van der Waals surface area contributed by atoms with E-state index in [1.807, 2.05) is 0 Å². The van der Waals surface area contributed by atoms with Crippen LogP contribution < -0.4 is 0 Å². The quantitative estimate of drug-likeness (QED) is 0.385. The summed E-state index contributed by atoms with van der Waals surface area (Å²) in [4.78, 5) is 0. The number of ether oxygens (including phenoxy) is 1. The maximum absolute atomic E-state index is 9.14. The highest BCUT2D eigenvalue weighted by atomic mass is 16.8. The monoisotopic (exact) mass is 174 g/mol. The molecule has 0 spiro atoms. The zero-order valence-corrected chi connectivity index (χ0v) is 6.81. The first-order valence-electron chi connectivity index (χ1n) is 3.97. The number of rotatable bonds is 1. The average molecular weight is 174 g/mol. The molecule has 0 bridgehead atoms. The second-order valence-corrected chi connectivity index (χ2v) is 3.09. The molecule has 3 N–H and O–H groups in total.